The maximum atomic E-state index is 11.9. The minimum absolute atomic E-state index is 0.00211. The minimum atomic E-state index is -0.0309. The van der Waals surface area contributed by atoms with Crippen molar-refractivity contribution in [3.05, 3.63) is 59.7 Å². The minimum Gasteiger partial charge on any atom is -0.488 e. The number of allylic oxidation sites excluding steroid dienone is 1. The van der Waals surface area contributed by atoms with Gasteiger partial charge in [-0.2, -0.15) is 0 Å². The lowest BCUT2D eigenvalue weighted by Gasteiger charge is -2.11. The molecule has 3 rings (SSSR count). The van der Waals surface area contributed by atoms with Gasteiger partial charge in [0.05, 0.1) is 6.54 Å². The molecule has 1 atom stereocenters. The number of hydrogen-bond acceptors (Lipinski definition) is 3. The highest BCUT2D eigenvalue weighted by molar-refractivity contribution is 7.98. The maximum Gasteiger partial charge on any atom is 0.246 e. The largest absolute Gasteiger partial charge is 0.488 e. The quantitative estimate of drug-likeness (QED) is 0.637. The van der Waals surface area contributed by atoms with Gasteiger partial charge in [-0.15, -0.1) is 11.8 Å². The van der Waals surface area contributed by atoms with Crippen LogP contribution in [-0.2, 0) is 11.2 Å². The van der Waals surface area contributed by atoms with Crippen LogP contribution in [0.3, 0.4) is 0 Å². The number of amides is 1. The van der Waals surface area contributed by atoms with Gasteiger partial charge in [-0.25, -0.2) is 0 Å². The zero-order chi connectivity index (χ0) is 17.8. The van der Waals surface area contributed by atoms with E-state index in [1.807, 2.05) is 26.0 Å². The molecule has 1 amide bonds. The number of benzene rings is 2. The van der Waals surface area contributed by atoms with Gasteiger partial charge in [0.15, 0.2) is 0 Å². The summed E-state index contributed by atoms with van der Waals surface area (Å²) >= 11 is 1.75. The average Bonchev–Trinajstić information content (AvgIpc) is 3.07. The van der Waals surface area contributed by atoms with Gasteiger partial charge in [-0.05, 0) is 61.1 Å². The summed E-state index contributed by atoms with van der Waals surface area (Å²) in [4.78, 5) is 13.1. The van der Waals surface area contributed by atoms with Crippen LogP contribution in [-0.4, -0.2) is 24.8 Å². The van der Waals surface area contributed by atoms with Gasteiger partial charge >= 0.3 is 0 Å². The van der Waals surface area contributed by atoms with Crippen LogP contribution in [0.25, 0.3) is 11.1 Å². The third-order valence-electron chi connectivity index (χ3n) is 4.51. The van der Waals surface area contributed by atoms with E-state index >= 15 is 0 Å². The summed E-state index contributed by atoms with van der Waals surface area (Å²) in [5, 5.41) is 2.93. The van der Waals surface area contributed by atoms with E-state index in [9.17, 15) is 4.79 Å². The van der Waals surface area contributed by atoms with Crippen molar-refractivity contribution in [1.29, 1.82) is 0 Å². The lowest BCUT2D eigenvalue weighted by Crippen LogP contribution is -2.34. The van der Waals surface area contributed by atoms with Crippen molar-refractivity contribution in [3.63, 3.8) is 0 Å². The first-order valence-corrected chi connectivity index (χ1v) is 9.68. The van der Waals surface area contributed by atoms with Gasteiger partial charge in [0.25, 0.3) is 0 Å². The summed E-state index contributed by atoms with van der Waals surface area (Å²) in [6.45, 7) is 4.20. The summed E-state index contributed by atoms with van der Waals surface area (Å²) < 4.78 is 5.96. The molecular weight excluding hydrogens is 330 g/mol. The van der Waals surface area contributed by atoms with Crippen LogP contribution in [0.4, 0.5) is 0 Å². The predicted molar refractivity (Wildman–Crippen MR) is 104 cm³/mol. The Hall–Kier alpha value is -2.20. The number of ether oxygens (including phenoxy) is 1. The van der Waals surface area contributed by atoms with Crippen molar-refractivity contribution in [1.82, 2.24) is 5.32 Å². The summed E-state index contributed by atoms with van der Waals surface area (Å²) in [6, 6.07) is 14.9. The Morgan fingerprint density at radius 3 is 2.64 bits per heavy atom. The second kappa shape index (κ2) is 7.79. The van der Waals surface area contributed by atoms with Gasteiger partial charge in [0.1, 0.15) is 11.9 Å². The molecule has 25 heavy (non-hydrogen) atoms. The van der Waals surface area contributed by atoms with Gasteiger partial charge < -0.3 is 10.1 Å². The third kappa shape index (κ3) is 4.07. The first kappa shape index (κ1) is 17.6. The Bertz CT molecular complexity index is 796. The number of carbonyl (C=O) groups excluding carboxylic acids is 1. The van der Waals surface area contributed by atoms with Crippen LogP contribution in [0.2, 0.25) is 0 Å². The van der Waals surface area contributed by atoms with Crippen molar-refractivity contribution in [2.75, 3.05) is 12.8 Å². The molecule has 3 nitrogen and oxygen atoms in total. The molecule has 2 aromatic rings. The van der Waals surface area contributed by atoms with E-state index < -0.39 is 0 Å². The van der Waals surface area contributed by atoms with E-state index in [1.54, 1.807) is 11.8 Å². The number of hydrogen-bond donors (Lipinski definition) is 1. The summed E-state index contributed by atoms with van der Waals surface area (Å²) in [5.41, 5.74) is 4.34. The summed E-state index contributed by atoms with van der Waals surface area (Å²) in [7, 11) is 0. The molecule has 2 aromatic carbocycles. The van der Waals surface area contributed by atoms with Crippen molar-refractivity contribution < 1.29 is 9.53 Å². The number of rotatable bonds is 5. The molecule has 0 aliphatic carbocycles. The van der Waals surface area contributed by atoms with Crippen LogP contribution in [0.15, 0.2) is 59.0 Å². The highest BCUT2D eigenvalue weighted by atomic mass is 32.2. The SMILES string of the molecule is C/C=C(\C)C(=O)NC[C@@H]1Cc2cc(-c3ccc(SC)cc3)ccc2O1. The molecule has 130 valence electrons. The number of fused-ring (bicyclic) bond motifs is 1. The standard InChI is InChI=1S/C21H23NO2S/c1-4-14(2)21(23)22-13-18-12-17-11-16(7-10-20(17)24-18)15-5-8-19(25-3)9-6-15/h4-11,18H,12-13H2,1-3H3,(H,22,23)/b14-4+/t18-/m0/s1. The monoisotopic (exact) mass is 353 g/mol. The maximum absolute atomic E-state index is 11.9. The molecule has 0 spiro atoms. The van der Waals surface area contributed by atoms with Crippen molar-refractivity contribution in [2.24, 2.45) is 0 Å². The molecule has 0 saturated carbocycles. The first-order valence-electron chi connectivity index (χ1n) is 8.46. The fraction of sp³-hybridized carbons (Fsp3) is 0.286. The molecule has 1 aliphatic rings. The second-order valence-electron chi connectivity index (χ2n) is 6.18. The zero-order valence-electron chi connectivity index (χ0n) is 14.8. The smallest absolute Gasteiger partial charge is 0.246 e. The molecule has 0 unspecified atom stereocenters. The zero-order valence-corrected chi connectivity index (χ0v) is 15.7. The Morgan fingerprint density at radius 1 is 1.24 bits per heavy atom. The topological polar surface area (TPSA) is 38.3 Å². The highest BCUT2D eigenvalue weighted by Gasteiger charge is 2.23. The lowest BCUT2D eigenvalue weighted by molar-refractivity contribution is -0.117. The van der Waals surface area contributed by atoms with Crippen molar-refractivity contribution in [3.8, 4) is 16.9 Å². The molecule has 1 N–H and O–H groups in total. The van der Waals surface area contributed by atoms with E-state index in [0.717, 1.165) is 17.7 Å². The third-order valence-corrected chi connectivity index (χ3v) is 5.25. The van der Waals surface area contributed by atoms with Crippen LogP contribution in [0.1, 0.15) is 19.4 Å². The fourth-order valence-corrected chi connectivity index (χ4v) is 3.28. The fourth-order valence-electron chi connectivity index (χ4n) is 2.87. The Kier molecular flexibility index (Phi) is 5.49. The summed E-state index contributed by atoms with van der Waals surface area (Å²) in [6.07, 6.45) is 4.71. The van der Waals surface area contributed by atoms with E-state index in [0.29, 0.717) is 6.54 Å². The van der Waals surface area contributed by atoms with E-state index in [4.69, 9.17) is 4.74 Å². The molecule has 1 heterocycles. The molecule has 0 fully saturated rings. The molecule has 0 radical (unpaired) electrons. The van der Waals surface area contributed by atoms with Gasteiger partial charge in [-0.1, -0.05) is 24.3 Å². The number of nitrogens with one attached hydrogen (secondary N) is 1. The molecule has 0 saturated heterocycles. The molecule has 4 heteroatoms. The van der Waals surface area contributed by atoms with Gasteiger partial charge in [-0.3, -0.25) is 4.79 Å². The molecule has 1 aliphatic heterocycles. The Labute approximate surface area is 153 Å². The van der Waals surface area contributed by atoms with Crippen molar-refractivity contribution >= 4 is 17.7 Å². The summed E-state index contributed by atoms with van der Waals surface area (Å²) in [5.74, 6) is 0.892. The molecule has 0 bridgehead atoms. The van der Waals surface area contributed by atoms with E-state index in [2.05, 4.69) is 48.0 Å². The van der Waals surface area contributed by atoms with Crippen LogP contribution < -0.4 is 10.1 Å². The van der Waals surface area contributed by atoms with Crippen molar-refractivity contribution in [2.45, 2.75) is 31.3 Å². The average molecular weight is 353 g/mol. The molecular formula is C21H23NO2S. The van der Waals surface area contributed by atoms with Crippen LogP contribution >= 0.6 is 11.8 Å². The van der Waals surface area contributed by atoms with Gasteiger partial charge in [0.2, 0.25) is 5.91 Å². The second-order valence-corrected chi connectivity index (χ2v) is 7.06. The van der Waals surface area contributed by atoms with E-state index in [1.165, 1.54) is 21.6 Å². The normalized spacial score (nSPS) is 16.3. The Balaban J connectivity index is 1.67. The van der Waals surface area contributed by atoms with E-state index in [-0.39, 0.29) is 12.0 Å². The van der Waals surface area contributed by atoms with Gasteiger partial charge in [0, 0.05) is 16.9 Å². The predicted octanol–water partition coefficient (Wildman–Crippen LogP) is 4.46. The van der Waals surface area contributed by atoms with Crippen LogP contribution in [0, 0.1) is 0 Å². The number of thioether (sulfide) groups is 1. The van der Waals surface area contributed by atoms with Crippen LogP contribution in [0.5, 0.6) is 5.75 Å². The highest BCUT2D eigenvalue weighted by Crippen LogP contribution is 2.33. The molecule has 0 aromatic heterocycles. The Morgan fingerprint density at radius 2 is 1.96 bits per heavy atom. The lowest BCUT2D eigenvalue weighted by atomic mass is 10.0. The first-order chi connectivity index (χ1) is 12.1. The number of carbonyl (C=O) groups is 1.